The quantitative estimate of drug-likeness (QED) is 0.781. The van der Waals surface area contributed by atoms with Gasteiger partial charge < -0.3 is 14.6 Å². The third-order valence-corrected chi connectivity index (χ3v) is 2.10. The van der Waals surface area contributed by atoms with Crippen molar-refractivity contribution < 1.29 is 19.4 Å². The van der Waals surface area contributed by atoms with E-state index >= 15 is 0 Å². The van der Waals surface area contributed by atoms with Crippen LogP contribution in [0.25, 0.3) is 0 Å². The van der Waals surface area contributed by atoms with Crippen LogP contribution in [0.4, 0.5) is 0 Å². The molecule has 4 nitrogen and oxygen atoms in total. The standard InChI is InChI=1S/C11H13ClO4/c1-15-3-2-4-16-10-6-8(11(13)14)5-9(12)7-10/h5-7H,2-4H2,1H3,(H,13,14). The normalized spacial score (nSPS) is 10.1. The lowest BCUT2D eigenvalue weighted by Crippen LogP contribution is -2.03. The Morgan fingerprint density at radius 3 is 2.75 bits per heavy atom. The van der Waals surface area contributed by atoms with Crippen molar-refractivity contribution in [1.82, 2.24) is 0 Å². The number of carboxylic acids is 1. The van der Waals surface area contributed by atoms with Crippen LogP contribution >= 0.6 is 11.6 Å². The van der Waals surface area contributed by atoms with Crippen molar-refractivity contribution in [2.75, 3.05) is 20.3 Å². The summed E-state index contributed by atoms with van der Waals surface area (Å²) in [6.07, 6.45) is 0.741. The predicted octanol–water partition coefficient (Wildman–Crippen LogP) is 2.45. The van der Waals surface area contributed by atoms with Crippen LogP contribution < -0.4 is 4.74 Å². The zero-order chi connectivity index (χ0) is 12.0. The summed E-state index contributed by atoms with van der Waals surface area (Å²) < 4.78 is 10.2. The second kappa shape index (κ2) is 6.35. The number of aromatic carboxylic acids is 1. The van der Waals surface area contributed by atoms with Gasteiger partial charge in [-0.05, 0) is 18.2 Å². The number of methoxy groups -OCH3 is 1. The molecule has 0 fully saturated rings. The van der Waals surface area contributed by atoms with Gasteiger partial charge >= 0.3 is 5.97 Å². The Bertz CT molecular complexity index is 365. The van der Waals surface area contributed by atoms with Crippen LogP contribution in [0, 0.1) is 0 Å². The highest BCUT2D eigenvalue weighted by Crippen LogP contribution is 2.21. The second-order valence-corrected chi connectivity index (χ2v) is 3.61. The Kier molecular flexibility index (Phi) is 5.08. The van der Waals surface area contributed by atoms with Crippen molar-refractivity contribution in [2.45, 2.75) is 6.42 Å². The fourth-order valence-electron chi connectivity index (χ4n) is 1.16. The molecule has 0 radical (unpaired) electrons. The molecule has 0 bridgehead atoms. The number of halogens is 1. The number of carbonyl (C=O) groups is 1. The molecule has 0 heterocycles. The van der Waals surface area contributed by atoms with Crippen molar-refractivity contribution >= 4 is 17.6 Å². The third kappa shape index (κ3) is 4.08. The van der Waals surface area contributed by atoms with Gasteiger partial charge in [0.15, 0.2) is 0 Å². The number of hydrogen-bond donors (Lipinski definition) is 1. The zero-order valence-corrected chi connectivity index (χ0v) is 9.66. The average molecular weight is 245 g/mol. The first-order chi connectivity index (χ1) is 7.63. The number of hydrogen-bond acceptors (Lipinski definition) is 3. The van der Waals surface area contributed by atoms with Crippen molar-refractivity contribution in [3.8, 4) is 5.75 Å². The Labute approximate surface area is 98.7 Å². The van der Waals surface area contributed by atoms with E-state index in [0.717, 1.165) is 6.42 Å². The lowest BCUT2D eigenvalue weighted by molar-refractivity contribution is 0.0696. The average Bonchev–Trinajstić information content (AvgIpc) is 2.23. The first kappa shape index (κ1) is 12.8. The van der Waals surface area contributed by atoms with Crippen LogP contribution in [-0.2, 0) is 4.74 Å². The van der Waals surface area contributed by atoms with Gasteiger partial charge in [0, 0.05) is 25.2 Å². The Morgan fingerprint density at radius 2 is 2.12 bits per heavy atom. The molecule has 0 aliphatic rings. The van der Waals surface area contributed by atoms with Gasteiger partial charge in [0.05, 0.1) is 12.2 Å². The Hall–Kier alpha value is -1.26. The van der Waals surface area contributed by atoms with E-state index in [1.54, 1.807) is 13.2 Å². The molecule has 1 N–H and O–H groups in total. The second-order valence-electron chi connectivity index (χ2n) is 3.18. The van der Waals surface area contributed by atoms with Gasteiger partial charge in [-0.15, -0.1) is 0 Å². The lowest BCUT2D eigenvalue weighted by Gasteiger charge is -2.07. The Morgan fingerprint density at radius 1 is 1.38 bits per heavy atom. The van der Waals surface area contributed by atoms with Crippen LogP contribution in [0.3, 0.4) is 0 Å². The number of ether oxygens (including phenoxy) is 2. The lowest BCUT2D eigenvalue weighted by atomic mass is 10.2. The van der Waals surface area contributed by atoms with E-state index in [1.807, 2.05) is 0 Å². The monoisotopic (exact) mass is 244 g/mol. The van der Waals surface area contributed by atoms with Crippen molar-refractivity contribution in [3.05, 3.63) is 28.8 Å². The van der Waals surface area contributed by atoms with Gasteiger partial charge in [0.25, 0.3) is 0 Å². The highest BCUT2D eigenvalue weighted by atomic mass is 35.5. The van der Waals surface area contributed by atoms with Crippen LogP contribution in [-0.4, -0.2) is 31.4 Å². The highest BCUT2D eigenvalue weighted by molar-refractivity contribution is 6.31. The largest absolute Gasteiger partial charge is 0.493 e. The predicted molar refractivity (Wildman–Crippen MR) is 60.4 cm³/mol. The summed E-state index contributed by atoms with van der Waals surface area (Å²) in [7, 11) is 1.61. The van der Waals surface area contributed by atoms with Gasteiger partial charge in [-0.25, -0.2) is 4.79 Å². The molecule has 0 saturated heterocycles. The van der Waals surface area contributed by atoms with Gasteiger partial charge in [0.2, 0.25) is 0 Å². The number of benzene rings is 1. The topological polar surface area (TPSA) is 55.8 Å². The maximum Gasteiger partial charge on any atom is 0.335 e. The minimum Gasteiger partial charge on any atom is -0.493 e. The molecule has 1 rings (SSSR count). The van der Waals surface area contributed by atoms with E-state index in [-0.39, 0.29) is 5.56 Å². The molecular weight excluding hydrogens is 232 g/mol. The number of carboxylic acid groups (broad SMARTS) is 1. The highest BCUT2D eigenvalue weighted by Gasteiger charge is 2.06. The molecule has 88 valence electrons. The summed E-state index contributed by atoms with van der Waals surface area (Å²) in [6, 6.07) is 4.41. The van der Waals surface area contributed by atoms with Gasteiger partial charge in [-0.1, -0.05) is 11.6 Å². The molecule has 0 aliphatic carbocycles. The first-order valence-electron chi connectivity index (χ1n) is 4.79. The molecule has 0 amide bonds. The molecule has 0 unspecified atom stereocenters. The minimum atomic E-state index is -1.02. The van der Waals surface area contributed by atoms with Gasteiger partial charge in [0.1, 0.15) is 5.75 Å². The van der Waals surface area contributed by atoms with Crippen LogP contribution in [0.2, 0.25) is 5.02 Å². The van der Waals surface area contributed by atoms with E-state index < -0.39 is 5.97 Å². The maximum atomic E-state index is 10.7. The van der Waals surface area contributed by atoms with E-state index in [0.29, 0.717) is 24.0 Å². The summed E-state index contributed by atoms with van der Waals surface area (Å²) in [5.74, 6) is -0.565. The van der Waals surface area contributed by atoms with Gasteiger partial charge in [-0.3, -0.25) is 0 Å². The molecule has 1 aromatic carbocycles. The van der Waals surface area contributed by atoms with E-state index in [2.05, 4.69) is 0 Å². The first-order valence-corrected chi connectivity index (χ1v) is 5.17. The van der Waals surface area contributed by atoms with Crippen LogP contribution in [0.1, 0.15) is 16.8 Å². The summed E-state index contributed by atoms with van der Waals surface area (Å²) in [5.41, 5.74) is 0.120. The SMILES string of the molecule is COCCCOc1cc(Cl)cc(C(=O)O)c1. The van der Waals surface area contributed by atoms with Crippen molar-refractivity contribution in [2.24, 2.45) is 0 Å². The molecule has 5 heteroatoms. The molecule has 0 aromatic heterocycles. The molecular formula is C11H13ClO4. The van der Waals surface area contributed by atoms with Crippen LogP contribution in [0.5, 0.6) is 5.75 Å². The Balaban J connectivity index is 2.62. The fourth-order valence-corrected chi connectivity index (χ4v) is 1.39. The van der Waals surface area contributed by atoms with Crippen molar-refractivity contribution in [3.63, 3.8) is 0 Å². The van der Waals surface area contributed by atoms with Crippen LogP contribution in [0.15, 0.2) is 18.2 Å². The van der Waals surface area contributed by atoms with Crippen molar-refractivity contribution in [1.29, 1.82) is 0 Å². The molecule has 0 saturated carbocycles. The molecule has 0 aliphatic heterocycles. The van der Waals surface area contributed by atoms with E-state index in [4.69, 9.17) is 26.2 Å². The molecule has 0 atom stereocenters. The fraction of sp³-hybridized carbons (Fsp3) is 0.364. The smallest absolute Gasteiger partial charge is 0.335 e. The van der Waals surface area contributed by atoms with E-state index in [1.165, 1.54) is 12.1 Å². The summed E-state index contributed by atoms with van der Waals surface area (Å²) in [4.78, 5) is 10.7. The minimum absolute atomic E-state index is 0.120. The maximum absolute atomic E-state index is 10.7. The molecule has 0 spiro atoms. The summed E-state index contributed by atoms with van der Waals surface area (Å²) in [5, 5.41) is 9.16. The zero-order valence-electron chi connectivity index (χ0n) is 8.90. The van der Waals surface area contributed by atoms with Gasteiger partial charge in [-0.2, -0.15) is 0 Å². The third-order valence-electron chi connectivity index (χ3n) is 1.88. The summed E-state index contributed by atoms with van der Waals surface area (Å²) in [6.45, 7) is 1.07. The molecule has 16 heavy (non-hydrogen) atoms. The molecule has 1 aromatic rings. The van der Waals surface area contributed by atoms with E-state index in [9.17, 15) is 4.79 Å². The number of rotatable bonds is 6. The summed E-state index contributed by atoms with van der Waals surface area (Å²) >= 11 is 5.77.